The molecule has 26 heavy (non-hydrogen) atoms. The standard InChI is InChI=1S/C17H14N2O5S2/c20-14(19-16(22)12-6-3-7-25-12)9-24-15(21)8-13-17(23)18-10-4-1-2-5-11(10)26-13/h1-7,13H,8-9H2,(H,18,23)(H,19,20,22)/t13-/m1/s1. The maximum atomic E-state index is 12.0. The molecular formula is C17H14N2O5S2. The van der Waals surface area contributed by atoms with E-state index in [0.717, 1.165) is 4.90 Å². The quantitative estimate of drug-likeness (QED) is 0.758. The predicted molar refractivity (Wildman–Crippen MR) is 97.1 cm³/mol. The fourth-order valence-corrected chi connectivity index (χ4v) is 3.93. The second-order valence-electron chi connectivity index (χ2n) is 5.31. The molecule has 0 radical (unpaired) electrons. The molecule has 0 saturated carbocycles. The Labute approximate surface area is 157 Å². The fourth-order valence-electron chi connectivity index (χ4n) is 2.22. The van der Waals surface area contributed by atoms with Gasteiger partial charge in [-0.2, -0.15) is 0 Å². The van der Waals surface area contributed by atoms with Gasteiger partial charge in [-0.1, -0.05) is 18.2 Å². The highest BCUT2D eigenvalue weighted by molar-refractivity contribution is 8.01. The van der Waals surface area contributed by atoms with E-state index in [0.29, 0.717) is 10.6 Å². The highest BCUT2D eigenvalue weighted by Crippen LogP contribution is 2.36. The second kappa shape index (κ2) is 8.15. The molecule has 9 heteroatoms. The monoisotopic (exact) mass is 390 g/mol. The number of carbonyl (C=O) groups excluding carboxylic acids is 4. The minimum absolute atomic E-state index is 0.170. The van der Waals surface area contributed by atoms with Crippen molar-refractivity contribution >= 4 is 52.5 Å². The lowest BCUT2D eigenvalue weighted by molar-refractivity contribution is -0.148. The first-order chi connectivity index (χ1) is 12.5. The summed E-state index contributed by atoms with van der Waals surface area (Å²) in [5, 5.41) is 5.95. The number of thioether (sulfide) groups is 1. The van der Waals surface area contributed by atoms with Crippen LogP contribution < -0.4 is 10.6 Å². The van der Waals surface area contributed by atoms with Gasteiger partial charge in [0.2, 0.25) is 5.91 Å². The molecule has 3 amide bonds. The van der Waals surface area contributed by atoms with Crippen LogP contribution in [0.15, 0.2) is 46.7 Å². The molecule has 0 saturated heterocycles. The number of fused-ring (bicyclic) bond motifs is 1. The molecular weight excluding hydrogens is 376 g/mol. The van der Waals surface area contributed by atoms with Gasteiger partial charge in [0.1, 0.15) is 0 Å². The number of ether oxygens (including phenoxy) is 1. The second-order valence-corrected chi connectivity index (χ2v) is 7.50. The summed E-state index contributed by atoms with van der Waals surface area (Å²) in [5.74, 6) is -2.23. The van der Waals surface area contributed by atoms with Crippen molar-refractivity contribution < 1.29 is 23.9 Å². The number of rotatable bonds is 5. The normalized spacial score (nSPS) is 15.5. The molecule has 2 heterocycles. The number of hydrogen-bond donors (Lipinski definition) is 2. The van der Waals surface area contributed by atoms with E-state index >= 15 is 0 Å². The fraction of sp³-hybridized carbons (Fsp3) is 0.176. The topological polar surface area (TPSA) is 102 Å². The number of nitrogens with one attached hydrogen (secondary N) is 2. The third kappa shape index (κ3) is 4.50. The van der Waals surface area contributed by atoms with Gasteiger partial charge in [0.15, 0.2) is 6.61 Å². The Morgan fingerprint density at radius 1 is 1.15 bits per heavy atom. The SMILES string of the molecule is O=C(COC(=O)C[C@H]1Sc2ccccc2NC1=O)NC(=O)c1cccs1. The summed E-state index contributed by atoms with van der Waals surface area (Å²) in [4.78, 5) is 48.6. The van der Waals surface area contributed by atoms with E-state index < -0.39 is 29.6 Å². The van der Waals surface area contributed by atoms with E-state index in [1.165, 1.54) is 23.1 Å². The zero-order chi connectivity index (χ0) is 18.5. The maximum Gasteiger partial charge on any atom is 0.307 e. The third-order valence-electron chi connectivity index (χ3n) is 3.42. The summed E-state index contributed by atoms with van der Waals surface area (Å²) in [5.41, 5.74) is 0.707. The third-order valence-corrected chi connectivity index (χ3v) is 5.56. The van der Waals surface area contributed by atoms with Crippen molar-refractivity contribution in [2.24, 2.45) is 0 Å². The van der Waals surface area contributed by atoms with Gasteiger partial charge in [-0.25, -0.2) is 0 Å². The number of para-hydroxylation sites is 1. The molecule has 134 valence electrons. The number of benzene rings is 1. The first kappa shape index (κ1) is 18.2. The molecule has 2 N–H and O–H groups in total. The van der Waals surface area contributed by atoms with Crippen LogP contribution in [0.1, 0.15) is 16.1 Å². The van der Waals surface area contributed by atoms with Gasteiger partial charge in [-0.05, 0) is 23.6 Å². The average molecular weight is 390 g/mol. The zero-order valence-electron chi connectivity index (χ0n) is 13.4. The van der Waals surface area contributed by atoms with E-state index in [4.69, 9.17) is 4.74 Å². The van der Waals surface area contributed by atoms with E-state index in [2.05, 4.69) is 10.6 Å². The van der Waals surface area contributed by atoms with Crippen LogP contribution in [0.2, 0.25) is 0 Å². The van der Waals surface area contributed by atoms with Crippen LogP contribution in [-0.2, 0) is 19.1 Å². The van der Waals surface area contributed by atoms with Crippen molar-refractivity contribution in [3.63, 3.8) is 0 Å². The Balaban J connectivity index is 1.46. The van der Waals surface area contributed by atoms with Crippen LogP contribution in [-0.4, -0.2) is 35.5 Å². The molecule has 1 atom stereocenters. The van der Waals surface area contributed by atoms with Gasteiger partial charge < -0.3 is 10.1 Å². The molecule has 7 nitrogen and oxygen atoms in total. The van der Waals surface area contributed by atoms with Crippen molar-refractivity contribution in [2.75, 3.05) is 11.9 Å². The molecule has 0 spiro atoms. The van der Waals surface area contributed by atoms with Gasteiger partial charge in [0.25, 0.3) is 11.8 Å². The predicted octanol–water partition coefficient (Wildman–Crippen LogP) is 2.05. The lowest BCUT2D eigenvalue weighted by Crippen LogP contribution is -2.35. The van der Waals surface area contributed by atoms with Gasteiger partial charge in [-0.3, -0.25) is 24.5 Å². The maximum absolute atomic E-state index is 12.0. The molecule has 1 aliphatic heterocycles. The number of esters is 1. The number of imide groups is 1. The molecule has 0 unspecified atom stereocenters. The number of anilines is 1. The average Bonchev–Trinajstić information content (AvgIpc) is 3.15. The van der Waals surface area contributed by atoms with Crippen molar-refractivity contribution in [3.05, 3.63) is 46.7 Å². The molecule has 3 rings (SSSR count). The minimum atomic E-state index is -0.720. The van der Waals surface area contributed by atoms with Crippen LogP contribution >= 0.6 is 23.1 Å². The molecule has 2 aromatic rings. The molecule has 1 aromatic carbocycles. The summed E-state index contributed by atoms with van der Waals surface area (Å²) in [6.45, 7) is -0.578. The Morgan fingerprint density at radius 2 is 1.96 bits per heavy atom. The van der Waals surface area contributed by atoms with Crippen molar-refractivity contribution in [1.29, 1.82) is 0 Å². The van der Waals surface area contributed by atoms with Gasteiger partial charge in [0.05, 0.1) is 22.2 Å². The summed E-state index contributed by atoms with van der Waals surface area (Å²) in [6.07, 6.45) is -0.170. The first-order valence-electron chi connectivity index (χ1n) is 7.63. The zero-order valence-corrected chi connectivity index (χ0v) is 15.0. The number of amides is 3. The van der Waals surface area contributed by atoms with Crippen LogP contribution in [0.25, 0.3) is 0 Å². The van der Waals surface area contributed by atoms with Crippen LogP contribution in [0.3, 0.4) is 0 Å². The van der Waals surface area contributed by atoms with Gasteiger partial charge in [0, 0.05) is 4.90 Å². The van der Waals surface area contributed by atoms with Crippen molar-refractivity contribution in [2.45, 2.75) is 16.6 Å². The summed E-state index contributed by atoms with van der Waals surface area (Å²) < 4.78 is 4.87. The van der Waals surface area contributed by atoms with Crippen LogP contribution in [0.4, 0.5) is 5.69 Å². The summed E-state index contributed by atoms with van der Waals surface area (Å²) in [7, 11) is 0. The van der Waals surface area contributed by atoms with Gasteiger partial charge >= 0.3 is 5.97 Å². The number of thiophene rings is 1. The van der Waals surface area contributed by atoms with E-state index in [1.807, 2.05) is 18.2 Å². The smallest absolute Gasteiger partial charge is 0.307 e. The Morgan fingerprint density at radius 3 is 2.73 bits per heavy atom. The highest BCUT2D eigenvalue weighted by Gasteiger charge is 2.29. The van der Waals surface area contributed by atoms with Crippen LogP contribution in [0, 0.1) is 0 Å². The van der Waals surface area contributed by atoms with E-state index in [1.54, 1.807) is 23.6 Å². The van der Waals surface area contributed by atoms with E-state index in [9.17, 15) is 19.2 Å². The first-order valence-corrected chi connectivity index (χ1v) is 9.38. The van der Waals surface area contributed by atoms with Crippen LogP contribution in [0.5, 0.6) is 0 Å². The molecule has 0 bridgehead atoms. The number of hydrogen-bond acceptors (Lipinski definition) is 7. The number of carbonyl (C=O) groups is 4. The highest BCUT2D eigenvalue weighted by atomic mass is 32.2. The molecule has 0 aliphatic carbocycles. The minimum Gasteiger partial charge on any atom is -0.456 e. The molecule has 0 fully saturated rings. The molecule has 1 aromatic heterocycles. The Hall–Kier alpha value is -2.65. The van der Waals surface area contributed by atoms with Crippen molar-refractivity contribution in [3.8, 4) is 0 Å². The summed E-state index contributed by atoms with van der Waals surface area (Å²) >= 11 is 2.47. The Kier molecular flexibility index (Phi) is 5.69. The summed E-state index contributed by atoms with van der Waals surface area (Å²) in [6, 6.07) is 10.5. The van der Waals surface area contributed by atoms with E-state index in [-0.39, 0.29) is 12.3 Å². The van der Waals surface area contributed by atoms with Crippen molar-refractivity contribution in [1.82, 2.24) is 5.32 Å². The largest absolute Gasteiger partial charge is 0.456 e. The Bertz CT molecular complexity index is 851. The van der Waals surface area contributed by atoms with Gasteiger partial charge in [-0.15, -0.1) is 23.1 Å². The lowest BCUT2D eigenvalue weighted by atomic mass is 10.2. The lowest BCUT2D eigenvalue weighted by Gasteiger charge is -2.23. The molecule has 1 aliphatic rings.